The summed E-state index contributed by atoms with van der Waals surface area (Å²) in [7, 11) is 1.50. The van der Waals surface area contributed by atoms with Gasteiger partial charge in [0.2, 0.25) is 17.7 Å². The highest BCUT2D eigenvalue weighted by Crippen LogP contribution is 2.55. The average Bonchev–Trinajstić information content (AvgIpc) is 3.48. The van der Waals surface area contributed by atoms with Crippen molar-refractivity contribution in [3.8, 4) is 5.75 Å². The molecule has 10 nitrogen and oxygen atoms in total. The van der Waals surface area contributed by atoms with Crippen LogP contribution in [0.15, 0.2) is 82.6 Å². The Morgan fingerprint density at radius 2 is 1.67 bits per heavy atom. The van der Waals surface area contributed by atoms with Crippen LogP contribution in [0, 0.1) is 11.7 Å². The maximum atomic E-state index is 14.0. The van der Waals surface area contributed by atoms with Gasteiger partial charge in [-0.15, -0.1) is 0 Å². The lowest BCUT2D eigenvalue weighted by Crippen LogP contribution is -2.33. The van der Waals surface area contributed by atoms with Crippen LogP contribution in [0.4, 0.5) is 15.8 Å². The lowest BCUT2D eigenvalue weighted by Gasteiger charge is -2.31. The number of hydrogen-bond acceptors (Lipinski definition) is 9. The summed E-state index contributed by atoms with van der Waals surface area (Å²) in [4.78, 5) is 67.5. The van der Waals surface area contributed by atoms with E-state index in [2.05, 4.69) is 5.32 Å². The summed E-state index contributed by atoms with van der Waals surface area (Å²) < 4.78 is 25.6. The van der Waals surface area contributed by atoms with Gasteiger partial charge in [0.15, 0.2) is 0 Å². The van der Waals surface area contributed by atoms with Crippen molar-refractivity contribution < 1.29 is 33.0 Å². The molecule has 230 valence electrons. The Hall–Kier alpha value is -4.75. The Bertz CT molecular complexity index is 1870. The van der Waals surface area contributed by atoms with Crippen LogP contribution in [-0.4, -0.2) is 47.2 Å². The second-order valence-electron chi connectivity index (χ2n) is 10.2. The molecule has 3 heterocycles. The van der Waals surface area contributed by atoms with E-state index in [1.54, 1.807) is 43.3 Å². The fourth-order valence-corrected chi connectivity index (χ4v) is 8.37. The monoisotopic (exact) mass is 647 g/mol. The smallest absolute Gasteiger partial charge is 0.338 e. The van der Waals surface area contributed by atoms with E-state index in [1.165, 1.54) is 48.1 Å². The van der Waals surface area contributed by atoms with E-state index in [1.807, 2.05) is 0 Å². The molecule has 2 aliphatic heterocycles. The summed E-state index contributed by atoms with van der Waals surface area (Å²) in [5.74, 6) is -3.57. The molecule has 3 unspecified atom stereocenters. The molecule has 0 spiro atoms. The Labute approximate surface area is 264 Å². The zero-order valence-corrected chi connectivity index (χ0v) is 25.7. The number of carbonyl (C=O) groups excluding carboxylic acids is 4. The van der Waals surface area contributed by atoms with Crippen LogP contribution in [0.2, 0.25) is 0 Å². The molecule has 45 heavy (non-hydrogen) atoms. The number of fused-ring (bicyclic) bond motifs is 2. The van der Waals surface area contributed by atoms with Crippen LogP contribution in [0.1, 0.15) is 33.6 Å². The number of benzene rings is 3. The summed E-state index contributed by atoms with van der Waals surface area (Å²) in [5, 5.41) is 2.23. The zero-order valence-electron chi connectivity index (χ0n) is 24.0. The van der Waals surface area contributed by atoms with E-state index in [9.17, 15) is 28.4 Å². The third kappa shape index (κ3) is 5.53. The number of nitrogens with zero attached hydrogens (tertiary/aromatic N) is 2. The number of nitrogens with one attached hydrogen (secondary N) is 1. The van der Waals surface area contributed by atoms with E-state index < -0.39 is 51.5 Å². The number of ether oxygens (including phenoxy) is 2. The van der Waals surface area contributed by atoms with E-state index >= 15 is 0 Å². The maximum Gasteiger partial charge on any atom is 0.338 e. The largest absolute Gasteiger partial charge is 0.496 e. The van der Waals surface area contributed by atoms with Crippen LogP contribution >= 0.6 is 23.1 Å². The minimum atomic E-state index is -0.913. The van der Waals surface area contributed by atoms with Gasteiger partial charge >= 0.3 is 10.8 Å². The Kier molecular flexibility index (Phi) is 8.30. The highest BCUT2D eigenvalue weighted by atomic mass is 32.2. The van der Waals surface area contributed by atoms with Crippen LogP contribution in [0.25, 0.3) is 0 Å². The van der Waals surface area contributed by atoms with Gasteiger partial charge in [-0.3, -0.25) is 23.7 Å². The molecule has 0 radical (unpaired) electrons. The summed E-state index contributed by atoms with van der Waals surface area (Å²) in [5.41, 5.74) is 1.61. The number of amides is 3. The first-order valence-corrected chi connectivity index (χ1v) is 15.6. The van der Waals surface area contributed by atoms with E-state index in [0.29, 0.717) is 32.5 Å². The van der Waals surface area contributed by atoms with Crippen LogP contribution in [0.5, 0.6) is 5.75 Å². The molecule has 3 atom stereocenters. The molecule has 0 saturated carbocycles. The number of anilines is 2. The van der Waals surface area contributed by atoms with Crippen molar-refractivity contribution in [2.24, 2.45) is 5.92 Å². The van der Waals surface area contributed by atoms with Gasteiger partial charge in [-0.1, -0.05) is 41.3 Å². The van der Waals surface area contributed by atoms with Gasteiger partial charge in [0.05, 0.1) is 35.9 Å². The number of halogens is 1. The van der Waals surface area contributed by atoms with Gasteiger partial charge < -0.3 is 14.8 Å². The van der Waals surface area contributed by atoms with Crippen molar-refractivity contribution in [3.05, 3.63) is 104 Å². The summed E-state index contributed by atoms with van der Waals surface area (Å²) >= 11 is 1.99. The minimum Gasteiger partial charge on any atom is -0.496 e. The highest BCUT2D eigenvalue weighted by Gasteiger charge is 2.57. The predicted octanol–water partition coefficient (Wildman–Crippen LogP) is 4.67. The Morgan fingerprint density at radius 3 is 2.36 bits per heavy atom. The topological polar surface area (TPSA) is 124 Å². The molecule has 0 aliphatic carbocycles. The van der Waals surface area contributed by atoms with Gasteiger partial charge in [0.1, 0.15) is 23.4 Å². The molecular weight excluding hydrogens is 621 g/mol. The van der Waals surface area contributed by atoms with E-state index in [4.69, 9.17) is 9.47 Å². The van der Waals surface area contributed by atoms with Gasteiger partial charge in [0, 0.05) is 22.0 Å². The lowest BCUT2D eigenvalue weighted by molar-refractivity contribution is -0.122. The van der Waals surface area contributed by atoms with Crippen molar-refractivity contribution in [1.29, 1.82) is 0 Å². The normalized spacial score (nSPS) is 18.7. The van der Waals surface area contributed by atoms with Gasteiger partial charge in [-0.2, -0.15) is 0 Å². The van der Waals surface area contributed by atoms with Gasteiger partial charge in [-0.25, -0.2) is 14.1 Å². The second-order valence-corrected chi connectivity index (χ2v) is 12.4. The lowest BCUT2D eigenvalue weighted by atomic mass is 9.82. The number of carbonyl (C=O) groups is 4. The number of methoxy groups -OCH3 is 1. The number of thioether (sulfide) groups is 1. The number of thiazole rings is 1. The Morgan fingerprint density at radius 1 is 0.956 bits per heavy atom. The van der Waals surface area contributed by atoms with E-state index in [-0.39, 0.29) is 18.8 Å². The predicted molar refractivity (Wildman–Crippen MR) is 166 cm³/mol. The fraction of sp³-hybridized carbons (Fsp3) is 0.219. The van der Waals surface area contributed by atoms with Crippen molar-refractivity contribution in [2.45, 2.75) is 29.7 Å². The first-order valence-electron chi connectivity index (χ1n) is 13.9. The minimum absolute atomic E-state index is 0.235. The number of para-hydroxylation sites is 1. The zero-order chi connectivity index (χ0) is 31.8. The number of hydrogen-bond donors (Lipinski definition) is 1. The summed E-state index contributed by atoms with van der Waals surface area (Å²) in [6.07, 6.45) is 0. The van der Waals surface area contributed by atoms with Crippen molar-refractivity contribution in [1.82, 2.24) is 4.57 Å². The van der Waals surface area contributed by atoms with E-state index in [0.717, 1.165) is 28.0 Å². The molecule has 1 saturated heterocycles. The first-order chi connectivity index (χ1) is 21.7. The fourth-order valence-electron chi connectivity index (χ4n) is 5.61. The summed E-state index contributed by atoms with van der Waals surface area (Å²) in [6, 6.07) is 18.4. The molecule has 3 aromatic carbocycles. The molecule has 1 N–H and O–H groups in total. The SMILES string of the molecule is CCOC(=O)c1ccc(NC(=O)Cn2c3c(sc2=O)C(c2ccccc2OC)C2C(=O)N(c4ccc(F)cc4)C(=O)C2S3)cc1. The molecule has 4 aromatic rings. The van der Waals surface area contributed by atoms with Crippen LogP contribution < -0.4 is 19.8 Å². The first kappa shape index (κ1) is 30.3. The van der Waals surface area contributed by atoms with Crippen molar-refractivity contribution in [3.63, 3.8) is 0 Å². The van der Waals surface area contributed by atoms with Crippen LogP contribution in [-0.2, 0) is 25.7 Å². The molecular formula is C32H26FN3O7S2. The quantitative estimate of drug-likeness (QED) is 0.216. The standard InChI is InChI=1S/C32H26FN3O7S2/c1-3-43-31(40)17-8-12-19(13-9-17)34-23(37)16-35-30-27(45-32(35)41)24(21-6-4-5-7-22(21)42-2)25-26(44-30)29(39)36(28(25)38)20-14-10-18(33)11-15-20/h4-15,24-26H,3,16H2,1-2H3,(H,34,37). The summed E-state index contributed by atoms with van der Waals surface area (Å²) in [6.45, 7) is 1.59. The molecule has 3 amide bonds. The Balaban J connectivity index is 1.35. The van der Waals surface area contributed by atoms with Crippen LogP contribution in [0.3, 0.4) is 0 Å². The molecule has 2 aliphatic rings. The van der Waals surface area contributed by atoms with Gasteiger partial charge in [0.25, 0.3) is 0 Å². The number of aromatic nitrogens is 1. The van der Waals surface area contributed by atoms with Crippen molar-refractivity contribution in [2.75, 3.05) is 23.9 Å². The molecule has 13 heteroatoms. The number of rotatable bonds is 8. The van der Waals surface area contributed by atoms with Gasteiger partial charge in [-0.05, 0) is 61.5 Å². The number of esters is 1. The molecule has 1 fully saturated rings. The molecule has 0 bridgehead atoms. The molecule has 6 rings (SSSR count). The number of imide groups is 1. The third-order valence-electron chi connectivity index (χ3n) is 7.59. The highest BCUT2D eigenvalue weighted by molar-refractivity contribution is 8.00. The molecule has 1 aromatic heterocycles. The average molecular weight is 648 g/mol. The second kappa shape index (κ2) is 12.3. The maximum absolute atomic E-state index is 14.0. The third-order valence-corrected chi connectivity index (χ3v) is 10.2. The van der Waals surface area contributed by atoms with Crippen molar-refractivity contribution >= 4 is 58.2 Å².